The molecule has 0 aliphatic carbocycles. The van der Waals surface area contributed by atoms with Gasteiger partial charge in [-0.15, -0.1) is 0 Å². The van der Waals surface area contributed by atoms with E-state index in [0.717, 1.165) is 0 Å². The molecule has 0 saturated carbocycles. The van der Waals surface area contributed by atoms with Gasteiger partial charge < -0.3 is 0 Å². The molecule has 0 atom stereocenters. The van der Waals surface area contributed by atoms with Crippen LogP contribution in [0.15, 0.2) is 36.4 Å². The van der Waals surface area contributed by atoms with E-state index in [9.17, 15) is 0 Å². The molecule has 0 radical (unpaired) electrons. The van der Waals surface area contributed by atoms with Gasteiger partial charge in [0.05, 0.1) is 0 Å². The van der Waals surface area contributed by atoms with Crippen molar-refractivity contribution < 1.29 is 0 Å². The third-order valence-corrected chi connectivity index (χ3v) is 8.08. The van der Waals surface area contributed by atoms with E-state index in [2.05, 4.69) is 64.1 Å². The van der Waals surface area contributed by atoms with E-state index in [1.54, 1.807) is 11.1 Å². The standard InChI is InChI=1S/C34H46/c1-5-7-9-10-11-12-13-14-15-16-18-28-24-26(4)30-19-21-31-27(17-8-6-2)23-25(3)29-20-22-32(28)34(30)33(29)31/h19-24H,5-18H2,1-4H3. The topological polar surface area (TPSA) is 0 Å². The second-order valence-corrected chi connectivity index (χ2v) is 10.8. The van der Waals surface area contributed by atoms with E-state index in [4.69, 9.17) is 0 Å². The fraction of sp³-hybridized carbons (Fsp3) is 0.529. The number of hydrogen-bond acceptors (Lipinski definition) is 0. The van der Waals surface area contributed by atoms with Crippen LogP contribution in [0.5, 0.6) is 0 Å². The Labute approximate surface area is 208 Å². The molecule has 0 nitrogen and oxygen atoms in total. The molecule has 0 aliphatic heterocycles. The molecule has 0 aromatic heterocycles. The van der Waals surface area contributed by atoms with Crippen molar-refractivity contribution in [3.05, 3.63) is 58.7 Å². The third-order valence-electron chi connectivity index (χ3n) is 8.08. The van der Waals surface area contributed by atoms with Crippen molar-refractivity contribution >= 4 is 32.3 Å². The van der Waals surface area contributed by atoms with Crippen LogP contribution in [0.25, 0.3) is 32.3 Å². The fourth-order valence-corrected chi connectivity index (χ4v) is 6.11. The van der Waals surface area contributed by atoms with Crippen LogP contribution in [-0.2, 0) is 12.8 Å². The minimum atomic E-state index is 1.19. The second-order valence-electron chi connectivity index (χ2n) is 10.8. The zero-order valence-corrected chi connectivity index (χ0v) is 22.4. The van der Waals surface area contributed by atoms with Crippen LogP contribution in [0.3, 0.4) is 0 Å². The average molecular weight is 455 g/mol. The first-order valence-electron chi connectivity index (χ1n) is 14.3. The second kappa shape index (κ2) is 12.1. The highest BCUT2D eigenvalue weighted by Crippen LogP contribution is 2.40. The molecule has 0 aliphatic rings. The lowest BCUT2D eigenvalue weighted by Gasteiger charge is -2.19. The van der Waals surface area contributed by atoms with Crippen molar-refractivity contribution in [2.24, 2.45) is 0 Å². The molecule has 34 heavy (non-hydrogen) atoms. The van der Waals surface area contributed by atoms with Gasteiger partial charge in [-0.2, -0.15) is 0 Å². The quantitative estimate of drug-likeness (QED) is 0.131. The number of unbranched alkanes of at least 4 members (excludes halogenated alkanes) is 10. The van der Waals surface area contributed by atoms with Crippen LogP contribution < -0.4 is 0 Å². The summed E-state index contributed by atoms with van der Waals surface area (Å²) in [5.74, 6) is 0. The summed E-state index contributed by atoms with van der Waals surface area (Å²) in [6.45, 7) is 9.22. The Morgan fingerprint density at radius 1 is 0.441 bits per heavy atom. The summed E-state index contributed by atoms with van der Waals surface area (Å²) in [4.78, 5) is 0. The Morgan fingerprint density at radius 2 is 0.824 bits per heavy atom. The SMILES string of the molecule is CCCCCCCCCCCCc1cc(C)c2ccc3c(CCCC)cc(C)c4ccc1c2c43. The monoisotopic (exact) mass is 454 g/mol. The summed E-state index contributed by atoms with van der Waals surface area (Å²) >= 11 is 0. The lowest BCUT2D eigenvalue weighted by molar-refractivity contribution is 0.556. The average Bonchev–Trinajstić information content (AvgIpc) is 2.85. The van der Waals surface area contributed by atoms with E-state index in [-0.39, 0.29) is 0 Å². The molecule has 0 spiro atoms. The third kappa shape index (κ3) is 5.42. The van der Waals surface area contributed by atoms with Gasteiger partial charge in [-0.25, -0.2) is 0 Å². The summed E-state index contributed by atoms with van der Waals surface area (Å²) in [7, 11) is 0. The molecule has 0 amide bonds. The Kier molecular flexibility index (Phi) is 8.87. The molecule has 0 saturated heterocycles. The normalized spacial score (nSPS) is 12.0. The summed E-state index contributed by atoms with van der Waals surface area (Å²) in [6.07, 6.45) is 19.0. The maximum absolute atomic E-state index is 2.49. The Bertz CT molecular complexity index is 1200. The molecule has 0 N–H and O–H groups in total. The van der Waals surface area contributed by atoms with Crippen LogP contribution in [-0.4, -0.2) is 0 Å². The van der Waals surface area contributed by atoms with E-state index in [0.29, 0.717) is 0 Å². The van der Waals surface area contributed by atoms with Gasteiger partial charge in [0.25, 0.3) is 0 Å². The van der Waals surface area contributed by atoms with Crippen LogP contribution in [0, 0.1) is 13.8 Å². The number of rotatable bonds is 14. The highest BCUT2D eigenvalue weighted by atomic mass is 14.2. The minimum absolute atomic E-state index is 1.19. The molecule has 4 aromatic carbocycles. The van der Waals surface area contributed by atoms with Crippen molar-refractivity contribution in [2.45, 2.75) is 118 Å². The van der Waals surface area contributed by atoms with E-state index in [1.165, 1.54) is 133 Å². The first kappa shape index (κ1) is 25.0. The zero-order valence-electron chi connectivity index (χ0n) is 22.4. The first-order chi connectivity index (χ1) is 16.7. The predicted molar refractivity (Wildman–Crippen MR) is 154 cm³/mol. The molecule has 0 unspecified atom stereocenters. The molecular formula is C34H46. The number of aryl methyl sites for hydroxylation is 4. The Balaban J connectivity index is 1.52. The highest BCUT2D eigenvalue weighted by Gasteiger charge is 2.16. The molecule has 182 valence electrons. The van der Waals surface area contributed by atoms with Gasteiger partial charge in [-0.1, -0.05) is 114 Å². The van der Waals surface area contributed by atoms with Gasteiger partial charge in [0.15, 0.2) is 0 Å². The fourth-order valence-electron chi connectivity index (χ4n) is 6.11. The van der Waals surface area contributed by atoms with Crippen molar-refractivity contribution in [1.29, 1.82) is 0 Å². The first-order valence-corrected chi connectivity index (χ1v) is 14.3. The van der Waals surface area contributed by atoms with Crippen LogP contribution in [0.2, 0.25) is 0 Å². The van der Waals surface area contributed by atoms with Crippen molar-refractivity contribution in [1.82, 2.24) is 0 Å². The molecule has 4 rings (SSSR count). The zero-order chi connectivity index (χ0) is 23.9. The molecule has 0 heterocycles. The van der Waals surface area contributed by atoms with E-state index >= 15 is 0 Å². The molecule has 0 fully saturated rings. The smallest absolute Gasteiger partial charge is 0.00212 e. The lowest BCUT2D eigenvalue weighted by Crippen LogP contribution is -1.97. The van der Waals surface area contributed by atoms with Crippen molar-refractivity contribution in [3.63, 3.8) is 0 Å². The van der Waals surface area contributed by atoms with E-state index < -0.39 is 0 Å². The molecular weight excluding hydrogens is 408 g/mol. The number of hydrogen-bond donors (Lipinski definition) is 0. The van der Waals surface area contributed by atoms with Gasteiger partial charge in [-0.05, 0) is 94.1 Å². The summed E-state index contributed by atoms with van der Waals surface area (Å²) in [6, 6.07) is 14.6. The maximum atomic E-state index is 2.49. The van der Waals surface area contributed by atoms with Gasteiger partial charge in [0, 0.05) is 0 Å². The minimum Gasteiger partial charge on any atom is -0.0654 e. The van der Waals surface area contributed by atoms with Gasteiger partial charge in [-0.3, -0.25) is 0 Å². The Hall–Kier alpha value is -2.08. The molecule has 0 heteroatoms. The molecule has 0 bridgehead atoms. The summed E-state index contributed by atoms with van der Waals surface area (Å²) in [5, 5.41) is 8.94. The maximum Gasteiger partial charge on any atom is -0.00212 e. The van der Waals surface area contributed by atoms with Crippen molar-refractivity contribution in [2.75, 3.05) is 0 Å². The highest BCUT2D eigenvalue weighted by molar-refractivity contribution is 6.25. The van der Waals surface area contributed by atoms with Crippen molar-refractivity contribution in [3.8, 4) is 0 Å². The van der Waals surface area contributed by atoms with Gasteiger partial charge in [0.1, 0.15) is 0 Å². The summed E-state index contributed by atoms with van der Waals surface area (Å²) < 4.78 is 0. The number of benzene rings is 4. The lowest BCUT2D eigenvalue weighted by atomic mass is 9.85. The van der Waals surface area contributed by atoms with E-state index in [1.807, 2.05) is 0 Å². The Morgan fingerprint density at radius 3 is 1.29 bits per heavy atom. The summed E-state index contributed by atoms with van der Waals surface area (Å²) in [5.41, 5.74) is 5.99. The molecule has 4 aromatic rings. The van der Waals surface area contributed by atoms with Crippen LogP contribution in [0.1, 0.15) is 113 Å². The van der Waals surface area contributed by atoms with Gasteiger partial charge in [0.2, 0.25) is 0 Å². The van der Waals surface area contributed by atoms with Gasteiger partial charge >= 0.3 is 0 Å². The predicted octanol–water partition coefficient (Wildman–Crippen LogP) is 11.0. The van der Waals surface area contributed by atoms with Crippen LogP contribution in [0.4, 0.5) is 0 Å². The van der Waals surface area contributed by atoms with Crippen LogP contribution >= 0.6 is 0 Å². The largest absolute Gasteiger partial charge is 0.0654 e.